The van der Waals surface area contributed by atoms with Crippen LogP contribution in [-0.4, -0.2) is 105 Å². The number of fused-ring (bicyclic) bond motifs is 2. The fraction of sp³-hybridized carbons (Fsp3) is 1.00. The first kappa shape index (κ1) is 17.4. The second-order valence-corrected chi connectivity index (χ2v) is 5.98. The van der Waals surface area contributed by atoms with E-state index in [1.807, 2.05) is 0 Å². The molecule has 0 aromatic rings. The summed E-state index contributed by atoms with van der Waals surface area (Å²) in [5.41, 5.74) is 0. The van der Waals surface area contributed by atoms with Crippen LogP contribution in [0.15, 0.2) is 0 Å². The lowest BCUT2D eigenvalue weighted by Crippen LogP contribution is -2.65. The molecule has 23 heavy (non-hydrogen) atoms. The van der Waals surface area contributed by atoms with Gasteiger partial charge in [-0.05, 0) is 6.42 Å². The summed E-state index contributed by atoms with van der Waals surface area (Å²) in [7, 11) is 0. The molecule has 0 radical (unpaired) electrons. The molecule has 3 fully saturated rings. The Morgan fingerprint density at radius 3 is 2.30 bits per heavy atom. The second kappa shape index (κ2) is 6.84. The van der Waals surface area contributed by atoms with Gasteiger partial charge in [0.05, 0.1) is 19.3 Å². The quantitative estimate of drug-likeness (QED) is 0.300. The van der Waals surface area contributed by atoms with Crippen molar-refractivity contribution in [3.8, 4) is 0 Å². The molecule has 3 rings (SSSR count). The molecular weight excluding hydrogens is 316 g/mol. The molecule has 6 N–H and O–H groups in total. The normalized spacial score (nSPS) is 54.0. The standard InChI is InChI=1S/C13H22O10/c14-3-5-6(15)7(16)9(18)13(22-5)23-11-4-1-2-20-12(21-4)10(19)8(11)17/h4-19H,1-3H2. The lowest BCUT2D eigenvalue weighted by atomic mass is 9.94. The second-order valence-electron chi connectivity index (χ2n) is 5.98. The first-order valence-electron chi connectivity index (χ1n) is 7.53. The third-order valence-corrected chi connectivity index (χ3v) is 4.46. The fourth-order valence-electron chi connectivity index (χ4n) is 3.08. The van der Waals surface area contributed by atoms with Crippen molar-refractivity contribution < 1.29 is 49.6 Å². The maximum absolute atomic E-state index is 10.2. The Labute approximate surface area is 131 Å². The summed E-state index contributed by atoms with van der Waals surface area (Å²) in [4.78, 5) is 0. The summed E-state index contributed by atoms with van der Waals surface area (Å²) in [6.45, 7) is -0.274. The molecule has 0 spiro atoms. The minimum atomic E-state index is -1.59. The van der Waals surface area contributed by atoms with Gasteiger partial charge >= 0.3 is 0 Å². The van der Waals surface area contributed by atoms with Gasteiger partial charge in [0.15, 0.2) is 12.6 Å². The van der Waals surface area contributed by atoms with E-state index in [1.54, 1.807) is 0 Å². The summed E-state index contributed by atoms with van der Waals surface area (Å²) >= 11 is 0. The average molecular weight is 338 g/mol. The monoisotopic (exact) mass is 338 g/mol. The summed E-state index contributed by atoms with van der Waals surface area (Å²) in [6, 6.07) is 0. The minimum Gasteiger partial charge on any atom is -0.394 e. The fourth-order valence-corrected chi connectivity index (χ4v) is 3.08. The van der Waals surface area contributed by atoms with Crippen LogP contribution in [0.3, 0.4) is 0 Å². The van der Waals surface area contributed by atoms with Gasteiger partial charge in [-0.15, -0.1) is 0 Å². The van der Waals surface area contributed by atoms with Gasteiger partial charge in [-0.2, -0.15) is 0 Å². The summed E-state index contributed by atoms with van der Waals surface area (Å²) < 4.78 is 21.4. The molecule has 10 nitrogen and oxygen atoms in total. The molecule has 10 heteroatoms. The van der Waals surface area contributed by atoms with Crippen molar-refractivity contribution in [2.45, 2.75) is 67.8 Å². The topological polar surface area (TPSA) is 158 Å². The predicted molar refractivity (Wildman–Crippen MR) is 69.9 cm³/mol. The van der Waals surface area contributed by atoms with E-state index in [9.17, 15) is 25.5 Å². The maximum atomic E-state index is 10.2. The Hall–Kier alpha value is -0.400. The molecular formula is C13H22O10. The van der Waals surface area contributed by atoms with E-state index < -0.39 is 68.0 Å². The van der Waals surface area contributed by atoms with Crippen molar-refractivity contribution in [2.24, 2.45) is 0 Å². The highest BCUT2D eigenvalue weighted by Crippen LogP contribution is 2.32. The van der Waals surface area contributed by atoms with Crippen LogP contribution in [0, 0.1) is 0 Å². The third kappa shape index (κ3) is 3.12. The van der Waals surface area contributed by atoms with E-state index in [0.29, 0.717) is 13.0 Å². The van der Waals surface area contributed by atoms with Crippen molar-refractivity contribution >= 4 is 0 Å². The highest BCUT2D eigenvalue weighted by atomic mass is 16.7. The first-order chi connectivity index (χ1) is 10.9. The molecule has 3 saturated heterocycles. The van der Waals surface area contributed by atoms with E-state index >= 15 is 0 Å². The molecule has 0 aromatic heterocycles. The zero-order chi connectivity index (χ0) is 16.7. The zero-order valence-corrected chi connectivity index (χ0v) is 12.2. The number of hydrogen-bond acceptors (Lipinski definition) is 10. The van der Waals surface area contributed by atoms with Crippen LogP contribution < -0.4 is 0 Å². The number of hydrogen-bond donors (Lipinski definition) is 6. The SMILES string of the molecule is OCC1OC(OC2C3CCOC(O3)C(O)C2O)C(O)C(O)C1O. The van der Waals surface area contributed by atoms with Crippen LogP contribution in [0.4, 0.5) is 0 Å². The van der Waals surface area contributed by atoms with Gasteiger partial charge in [-0.3, -0.25) is 0 Å². The minimum absolute atomic E-state index is 0.313. The lowest BCUT2D eigenvalue weighted by molar-refractivity contribution is -0.370. The lowest BCUT2D eigenvalue weighted by Gasteiger charge is -2.48. The van der Waals surface area contributed by atoms with E-state index in [-0.39, 0.29) is 0 Å². The van der Waals surface area contributed by atoms with Gasteiger partial charge in [0.25, 0.3) is 0 Å². The van der Waals surface area contributed by atoms with Crippen LogP contribution >= 0.6 is 0 Å². The molecule has 0 saturated carbocycles. The van der Waals surface area contributed by atoms with Gasteiger partial charge in [0.1, 0.15) is 42.7 Å². The van der Waals surface area contributed by atoms with Gasteiger partial charge in [-0.1, -0.05) is 0 Å². The van der Waals surface area contributed by atoms with Crippen LogP contribution in [0.5, 0.6) is 0 Å². The number of aliphatic hydroxyl groups excluding tert-OH is 6. The number of ether oxygens (including phenoxy) is 4. The molecule has 2 bridgehead atoms. The van der Waals surface area contributed by atoms with Crippen molar-refractivity contribution in [3.05, 3.63) is 0 Å². The Kier molecular flexibility index (Phi) is 5.18. The van der Waals surface area contributed by atoms with Crippen LogP contribution in [0.2, 0.25) is 0 Å². The predicted octanol–water partition coefficient (Wildman–Crippen LogP) is -3.96. The summed E-state index contributed by atoms with van der Waals surface area (Å²) in [5, 5.41) is 58.7. The Balaban J connectivity index is 1.72. The van der Waals surface area contributed by atoms with E-state index in [0.717, 1.165) is 0 Å². The van der Waals surface area contributed by atoms with Crippen LogP contribution in [0.25, 0.3) is 0 Å². The average Bonchev–Trinajstić information content (AvgIpc) is 2.57. The van der Waals surface area contributed by atoms with Gasteiger partial charge in [0, 0.05) is 0 Å². The smallest absolute Gasteiger partial charge is 0.187 e. The third-order valence-electron chi connectivity index (χ3n) is 4.46. The van der Waals surface area contributed by atoms with Gasteiger partial charge < -0.3 is 49.6 Å². The van der Waals surface area contributed by atoms with Gasteiger partial charge in [-0.25, -0.2) is 0 Å². The molecule has 0 aromatic carbocycles. The molecule has 0 amide bonds. The Morgan fingerprint density at radius 1 is 0.870 bits per heavy atom. The van der Waals surface area contributed by atoms with Crippen molar-refractivity contribution in [2.75, 3.05) is 13.2 Å². The van der Waals surface area contributed by atoms with Crippen molar-refractivity contribution in [1.82, 2.24) is 0 Å². The molecule has 10 unspecified atom stereocenters. The molecule has 3 aliphatic rings. The van der Waals surface area contributed by atoms with Crippen molar-refractivity contribution in [3.63, 3.8) is 0 Å². The molecule has 0 aliphatic carbocycles. The maximum Gasteiger partial charge on any atom is 0.187 e. The summed E-state index contributed by atoms with van der Waals surface area (Å²) in [5.74, 6) is 0. The summed E-state index contributed by atoms with van der Waals surface area (Å²) in [6.07, 6.45) is -12.0. The van der Waals surface area contributed by atoms with Gasteiger partial charge in [0.2, 0.25) is 0 Å². The largest absolute Gasteiger partial charge is 0.394 e. The zero-order valence-electron chi connectivity index (χ0n) is 12.2. The highest BCUT2D eigenvalue weighted by Gasteiger charge is 2.51. The van der Waals surface area contributed by atoms with Crippen LogP contribution in [-0.2, 0) is 18.9 Å². The molecule has 10 atom stereocenters. The number of aliphatic hydroxyl groups is 6. The Bertz CT molecular complexity index is 404. The molecule has 3 aliphatic heterocycles. The van der Waals surface area contributed by atoms with E-state index in [1.165, 1.54) is 0 Å². The van der Waals surface area contributed by atoms with Crippen molar-refractivity contribution in [1.29, 1.82) is 0 Å². The van der Waals surface area contributed by atoms with E-state index in [2.05, 4.69) is 0 Å². The van der Waals surface area contributed by atoms with E-state index in [4.69, 9.17) is 24.1 Å². The highest BCUT2D eigenvalue weighted by molar-refractivity contribution is 4.95. The molecule has 134 valence electrons. The molecule has 3 heterocycles. The number of rotatable bonds is 3. The Morgan fingerprint density at radius 2 is 1.61 bits per heavy atom. The van der Waals surface area contributed by atoms with Crippen LogP contribution in [0.1, 0.15) is 6.42 Å². The first-order valence-corrected chi connectivity index (χ1v) is 7.53.